The van der Waals surface area contributed by atoms with Gasteiger partial charge in [0.25, 0.3) is 0 Å². The molecule has 1 aliphatic heterocycles. The Kier molecular flexibility index (Phi) is 7.75. The van der Waals surface area contributed by atoms with Crippen LogP contribution in [0.1, 0.15) is 41.5 Å². The van der Waals surface area contributed by atoms with E-state index in [0.717, 1.165) is 5.56 Å². The molecule has 1 aliphatic rings. The molecule has 5 rings (SSSR count). The van der Waals surface area contributed by atoms with Gasteiger partial charge in [-0.15, -0.1) is 0 Å². The number of benzene rings is 3. The SMILES string of the molecule is Cc1c(O)cc(O)cc1OC(c1ccc2c(c1)OC(c1ccc(OCc3ccccc3)cn1)C(C)O2)C(O)C=O. The van der Waals surface area contributed by atoms with Crippen LogP contribution in [0.4, 0.5) is 0 Å². The first-order chi connectivity index (χ1) is 19.3. The van der Waals surface area contributed by atoms with E-state index in [1.807, 2.05) is 49.4 Å². The number of rotatable bonds is 9. The van der Waals surface area contributed by atoms with Crippen LogP contribution in [0.15, 0.2) is 79.0 Å². The van der Waals surface area contributed by atoms with Crippen LogP contribution in [0, 0.1) is 6.92 Å². The third-order valence-corrected chi connectivity index (χ3v) is 6.61. The van der Waals surface area contributed by atoms with Gasteiger partial charge in [-0.05, 0) is 49.2 Å². The van der Waals surface area contributed by atoms with Gasteiger partial charge in [0.05, 0.1) is 11.9 Å². The van der Waals surface area contributed by atoms with Crippen LogP contribution < -0.4 is 18.9 Å². The summed E-state index contributed by atoms with van der Waals surface area (Å²) in [5, 5.41) is 30.4. The van der Waals surface area contributed by atoms with E-state index in [0.29, 0.717) is 47.0 Å². The molecule has 3 aromatic carbocycles. The molecule has 3 N–H and O–H groups in total. The van der Waals surface area contributed by atoms with Crippen LogP contribution in [0.2, 0.25) is 0 Å². The lowest BCUT2D eigenvalue weighted by Crippen LogP contribution is -2.31. The zero-order valence-electron chi connectivity index (χ0n) is 21.9. The highest BCUT2D eigenvalue weighted by molar-refractivity contribution is 5.59. The molecule has 2 heterocycles. The molecule has 4 aromatic rings. The number of carbonyl (C=O) groups is 1. The van der Waals surface area contributed by atoms with Crippen molar-refractivity contribution in [3.63, 3.8) is 0 Å². The quantitative estimate of drug-likeness (QED) is 0.251. The summed E-state index contributed by atoms with van der Waals surface area (Å²) in [4.78, 5) is 16.1. The number of phenols is 2. The molecule has 0 bridgehead atoms. The predicted molar refractivity (Wildman–Crippen MR) is 145 cm³/mol. The van der Waals surface area contributed by atoms with Gasteiger partial charge in [-0.3, -0.25) is 4.98 Å². The number of nitrogens with zero attached hydrogens (tertiary/aromatic N) is 1. The van der Waals surface area contributed by atoms with Crippen molar-refractivity contribution in [2.45, 2.75) is 44.9 Å². The molecular formula is C31H29NO8. The molecule has 0 saturated heterocycles. The minimum absolute atomic E-state index is 0.114. The number of ether oxygens (including phenoxy) is 4. The van der Waals surface area contributed by atoms with E-state index in [4.69, 9.17) is 18.9 Å². The Morgan fingerprint density at radius 3 is 2.52 bits per heavy atom. The van der Waals surface area contributed by atoms with Gasteiger partial charge in [0.2, 0.25) is 0 Å². The Hall–Kier alpha value is -4.76. The fourth-order valence-electron chi connectivity index (χ4n) is 4.40. The number of aliphatic hydroxyl groups is 1. The summed E-state index contributed by atoms with van der Waals surface area (Å²) in [5.74, 6) is 1.20. The third kappa shape index (κ3) is 5.79. The molecule has 0 amide bonds. The van der Waals surface area contributed by atoms with Gasteiger partial charge in [0.1, 0.15) is 35.7 Å². The molecule has 4 atom stereocenters. The standard InChI is InChI=1S/C31H29NO8/c1-18-25(35)13-22(34)14-28(18)39-31(26(36)16-33)21-8-11-27-29(12-21)40-30(19(2)38-27)24-10-9-23(15-32-24)37-17-20-6-4-3-5-7-20/h3-16,19,26,30-31,34-36H,17H2,1-2H3. The molecule has 4 unspecified atom stereocenters. The van der Waals surface area contributed by atoms with E-state index in [-0.39, 0.29) is 23.4 Å². The van der Waals surface area contributed by atoms with Gasteiger partial charge in [-0.2, -0.15) is 0 Å². The van der Waals surface area contributed by atoms with Crippen LogP contribution in [-0.2, 0) is 11.4 Å². The number of aromatic hydroxyl groups is 2. The molecule has 0 aliphatic carbocycles. The molecule has 1 aromatic heterocycles. The van der Waals surface area contributed by atoms with Crippen molar-refractivity contribution >= 4 is 6.29 Å². The zero-order valence-corrected chi connectivity index (χ0v) is 21.9. The molecule has 206 valence electrons. The first-order valence-electron chi connectivity index (χ1n) is 12.7. The van der Waals surface area contributed by atoms with E-state index < -0.39 is 18.3 Å². The number of pyridine rings is 1. The number of fused-ring (bicyclic) bond motifs is 1. The number of aromatic nitrogens is 1. The average molecular weight is 544 g/mol. The highest BCUT2D eigenvalue weighted by atomic mass is 16.6. The second kappa shape index (κ2) is 11.5. The number of carbonyl (C=O) groups excluding carboxylic acids is 1. The van der Waals surface area contributed by atoms with Gasteiger partial charge in [0.15, 0.2) is 36.1 Å². The maximum absolute atomic E-state index is 11.5. The van der Waals surface area contributed by atoms with Gasteiger partial charge < -0.3 is 39.1 Å². The van der Waals surface area contributed by atoms with Gasteiger partial charge in [-0.25, -0.2) is 0 Å². The molecule has 0 spiro atoms. The van der Waals surface area contributed by atoms with Crippen LogP contribution in [0.3, 0.4) is 0 Å². The first-order valence-corrected chi connectivity index (χ1v) is 12.7. The van der Waals surface area contributed by atoms with Crippen molar-refractivity contribution in [3.05, 3.63) is 101 Å². The van der Waals surface area contributed by atoms with Gasteiger partial charge in [-0.1, -0.05) is 36.4 Å². The Morgan fingerprint density at radius 2 is 1.80 bits per heavy atom. The van der Waals surface area contributed by atoms with Crippen molar-refractivity contribution in [1.82, 2.24) is 4.98 Å². The van der Waals surface area contributed by atoms with Crippen LogP contribution >= 0.6 is 0 Å². The summed E-state index contributed by atoms with van der Waals surface area (Å²) in [5.41, 5.74) is 2.46. The molecule has 9 nitrogen and oxygen atoms in total. The first kappa shape index (κ1) is 26.8. The number of aliphatic hydroxyl groups excluding tert-OH is 1. The van der Waals surface area contributed by atoms with E-state index in [1.54, 1.807) is 31.3 Å². The predicted octanol–water partition coefficient (Wildman–Crippen LogP) is 4.96. The largest absolute Gasteiger partial charge is 0.508 e. The van der Waals surface area contributed by atoms with Crippen LogP contribution in [-0.4, -0.2) is 38.8 Å². The molecule has 0 saturated carbocycles. The van der Waals surface area contributed by atoms with Crippen molar-refractivity contribution in [2.24, 2.45) is 0 Å². The maximum Gasteiger partial charge on any atom is 0.177 e. The smallest absolute Gasteiger partial charge is 0.177 e. The lowest BCUT2D eigenvalue weighted by molar-refractivity contribution is -0.119. The normalized spacial score (nSPS) is 17.5. The lowest BCUT2D eigenvalue weighted by Gasteiger charge is -2.32. The Morgan fingerprint density at radius 1 is 1.00 bits per heavy atom. The molecule has 0 radical (unpaired) electrons. The Balaban J connectivity index is 1.35. The van der Waals surface area contributed by atoms with Gasteiger partial charge >= 0.3 is 0 Å². The topological polar surface area (TPSA) is 128 Å². The van der Waals surface area contributed by atoms with E-state index in [2.05, 4.69) is 4.98 Å². The summed E-state index contributed by atoms with van der Waals surface area (Å²) in [7, 11) is 0. The minimum Gasteiger partial charge on any atom is -0.508 e. The number of hydrogen-bond donors (Lipinski definition) is 3. The number of aldehydes is 1. The van der Waals surface area contributed by atoms with Gasteiger partial charge in [0, 0.05) is 17.7 Å². The Labute approximate surface area is 231 Å². The van der Waals surface area contributed by atoms with E-state index in [9.17, 15) is 20.1 Å². The molecule has 0 fully saturated rings. The van der Waals surface area contributed by atoms with E-state index in [1.165, 1.54) is 12.1 Å². The highest BCUT2D eigenvalue weighted by Crippen LogP contribution is 2.42. The van der Waals surface area contributed by atoms with Crippen molar-refractivity contribution in [3.8, 4) is 34.5 Å². The highest BCUT2D eigenvalue weighted by Gasteiger charge is 2.33. The summed E-state index contributed by atoms with van der Waals surface area (Å²) in [6, 6.07) is 20.9. The summed E-state index contributed by atoms with van der Waals surface area (Å²) in [6.07, 6.45) is -1.58. The third-order valence-electron chi connectivity index (χ3n) is 6.61. The lowest BCUT2D eigenvalue weighted by atomic mass is 10.0. The maximum atomic E-state index is 11.5. The molecular weight excluding hydrogens is 514 g/mol. The van der Waals surface area contributed by atoms with Crippen LogP contribution in [0.5, 0.6) is 34.5 Å². The average Bonchev–Trinajstić information content (AvgIpc) is 2.97. The molecule has 9 heteroatoms. The monoisotopic (exact) mass is 543 g/mol. The fraction of sp³-hybridized carbons (Fsp3) is 0.226. The summed E-state index contributed by atoms with van der Waals surface area (Å²) < 4.78 is 24.1. The minimum atomic E-state index is -1.54. The number of phenolic OH excluding ortho intramolecular Hbond substituents is 2. The second-order valence-corrected chi connectivity index (χ2v) is 9.51. The molecule has 40 heavy (non-hydrogen) atoms. The van der Waals surface area contributed by atoms with Crippen molar-refractivity contribution < 1.29 is 39.1 Å². The fourth-order valence-corrected chi connectivity index (χ4v) is 4.40. The zero-order chi connectivity index (χ0) is 28.2. The second-order valence-electron chi connectivity index (χ2n) is 9.51. The number of hydrogen-bond acceptors (Lipinski definition) is 9. The van der Waals surface area contributed by atoms with Crippen molar-refractivity contribution in [2.75, 3.05) is 0 Å². The summed E-state index contributed by atoms with van der Waals surface area (Å²) >= 11 is 0. The summed E-state index contributed by atoms with van der Waals surface area (Å²) in [6.45, 7) is 3.90. The Bertz CT molecular complexity index is 1480. The van der Waals surface area contributed by atoms with E-state index >= 15 is 0 Å². The van der Waals surface area contributed by atoms with Crippen molar-refractivity contribution in [1.29, 1.82) is 0 Å². The van der Waals surface area contributed by atoms with Crippen LogP contribution in [0.25, 0.3) is 0 Å².